The lowest BCUT2D eigenvalue weighted by molar-refractivity contribution is 0.0601. The molecule has 0 unspecified atom stereocenters. The first-order chi connectivity index (χ1) is 12.0. The Balaban J connectivity index is 1.83. The minimum absolute atomic E-state index is 0.303. The Hall–Kier alpha value is -2.86. The number of carbonyl (C=O) groups is 2. The normalized spacial score (nSPS) is 10.4. The van der Waals surface area contributed by atoms with Crippen LogP contribution in [0.1, 0.15) is 21.5 Å². The van der Waals surface area contributed by atoms with Gasteiger partial charge in [0, 0.05) is 18.8 Å². The third kappa shape index (κ3) is 5.93. The van der Waals surface area contributed by atoms with Crippen LogP contribution in [0.4, 0.5) is 10.5 Å². The third-order valence-electron chi connectivity index (χ3n) is 3.54. The van der Waals surface area contributed by atoms with Gasteiger partial charge in [-0.25, -0.2) is 9.59 Å². The van der Waals surface area contributed by atoms with Gasteiger partial charge in [-0.15, -0.1) is 0 Å². The first-order valence-electron chi connectivity index (χ1n) is 7.93. The molecule has 0 aliphatic heterocycles. The molecule has 2 aromatic carbocycles. The molecule has 0 aliphatic carbocycles. The molecule has 0 bridgehead atoms. The molecule has 2 rings (SSSR count). The lowest BCUT2D eigenvalue weighted by Gasteiger charge is -2.11. The van der Waals surface area contributed by atoms with Gasteiger partial charge >= 0.3 is 12.0 Å². The summed E-state index contributed by atoms with van der Waals surface area (Å²) in [7, 11) is 5.38. The molecule has 2 aromatic rings. The van der Waals surface area contributed by atoms with Gasteiger partial charge in [0.1, 0.15) is 0 Å². The van der Waals surface area contributed by atoms with Crippen molar-refractivity contribution >= 4 is 17.7 Å². The van der Waals surface area contributed by atoms with Gasteiger partial charge < -0.3 is 20.3 Å². The van der Waals surface area contributed by atoms with Crippen LogP contribution in [-0.4, -0.2) is 38.1 Å². The number of hydrogen-bond acceptors (Lipinski definition) is 4. The first-order valence-corrected chi connectivity index (χ1v) is 7.93. The summed E-state index contributed by atoms with van der Waals surface area (Å²) in [5.41, 5.74) is 3.29. The van der Waals surface area contributed by atoms with E-state index in [-0.39, 0.29) is 6.03 Å². The van der Waals surface area contributed by atoms with Crippen molar-refractivity contribution < 1.29 is 14.3 Å². The van der Waals surface area contributed by atoms with Gasteiger partial charge in [0.25, 0.3) is 0 Å². The predicted molar refractivity (Wildman–Crippen MR) is 97.5 cm³/mol. The van der Waals surface area contributed by atoms with E-state index < -0.39 is 5.97 Å². The highest BCUT2D eigenvalue weighted by atomic mass is 16.5. The Morgan fingerprint density at radius 3 is 2.12 bits per heavy atom. The van der Waals surface area contributed by atoms with E-state index in [2.05, 4.69) is 32.4 Å². The fourth-order valence-corrected chi connectivity index (χ4v) is 2.29. The Morgan fingerprint density at radius 2 is 1.56 bits per heavy atom. The van der Waals surface area contributed by atoms with E-state index in [1.807, 2.05) is 26.2 Å². The topological polar surface area (TPSA) is 70.7 Å². The molecule has 6 heteroatoms. The molecule has 2 amide bonds. The molecule has 6 nitrogen and oxygen atoms in total. The lowest BCUT2D eigenvalue weighted by atomic mass is 10.1. The van der Waals surface area contributed by atoms with Crippen LogP contribution >= 0.6 is 0 Å². The van der Waals surface area contributed by atoms with Crippen LogP contribution in [0, 0.1) is 0 Å². The number of methoxy groups -OCH3 is 1. The van der Waals surface area contributed by atoms with Crippen molar-refractivity contribution in [2.45, 2.75) is 13.1 Å². The summed E-state index contributed by atoms with van der Waals surface area (Å²) in [6.07, 6.45) is 0. The van der Waals surface area contributed by atoms with Gasteiger partial charge in [0.05, 0.1) is 12.7 Å². The van der Waals surface area contributed by atoms with Gasteiger partial charge in [0.15, 0.2) is 0 Å². The Bertz CT molecular complexity index is 710. The number of urea groups is 1. The second-order valence-electron chi connectivity index (χ2n) is 5.93. The SMILES string of the molecule is COC(=O)c1ccc(NC(=O)NCc2ccc(CN(C)C)cc2)cc1. The molecular formula is C19H23N3O3. The molecule has 0 spiro atoms. The molecule has 0 aliphatic rings. The number of carbonyl (C=O) groups excluding carboxylic acids is 2. The number of benzene rings is 2. The van der Waals surface area contributed by atoms with Crippen LogP contribution in [0.2, 0.25) is 0 Å². The van der Waals surface area contributed by atoms with E-state index in [9.17, 15) is 9.59 Å². The van der Waals surface area contributed by atoms with Crippen molar-refractivity contribution in [1.29, 1.82) is 0 Å². The van der Waals surface area contributed by atoms with E-state index in [4.69, 9.17) is 0 Å². The number of amides is 2. The van der Waals surface area contributed by atoms with E-state index in [1.54, 1.807) is 24.3 Å². The molecule has 2 N–H and O–H groups in total. The van der Waals surface area contributed by atoms with Crippen molar-refractivity contribution in [2.24, 2.45) is 0 Å². The Morgan fingerprint density at radius 1 is 0.960 bits per heavy atom. The molecule has 0 atom stereocenters. The monoisotopic (exact) mass is 341 g/mol. The van der Waals surface area contributed by atoms with Gasteiger partial charge in [-0.2, -0.15) is 0 Å². The highest BCUT2D eigenvalue weighted by Crippen LogP contribution is 2.10. The maximum Gasteiger partial charge on any atom is 0.337 e. The number of nitrogens with zero attached hydrogens (tertiary/aromatic N) is 1. The molecule has 0 saturated carbocycles. The summed E-state index contributed by atoms with van der Waals surface area (Å²) in [5, 5.41) is 5.53. The van der Waals surface area contributed by atoms with E-state index in [0.717, 1.165) is 12.1 Å². The van der Waals surface area contributed by atoms with E-state index in [0.29, 0.717) is 17.8 Å². The van der Waals surface area contributed by atoms with Crippen molar-refractivity contribution in [3.63, 3.8) is 0 Å². The zero-order valence-electron chi connectivity index (χ0n) is 14.7. The second kappa shape index (κ2) is 8.84. The van der Waals surface area contributed by atoms with Crippen molar-refractivity contribution in [2.75, 3.05) is 26.5 Å². The first kappa shape index (κ1) is 18.5. The largest absolute Gasteiger partial charge is 0.465 e. The standard InChI is InChI=1S/C19H23N3O3/c1-22(2)13-15-6-4-14(5-7-15)12-20-19(24)21-17-10-8-16(9-11-17)18(23)25-3/h4-11H,12-13H2,1-3H3,(H2,20,21,24). The summed E-state index contributed by atoms with van der Waals surface area (Å²) < 4.78 is 4.63. The zero-order chi connectivity index (χ0) is 18.2. The van der Waals surface area contributed by atoms with E-state index in [1.165, 1.54) is 12.7 Å². The van der Waals surface area contributed by atoms with Gasteiger partial charge in [-0.05, 0) is 49.5 Å². The number of nitrogens with one attached hydrogen (secondary N) is 2. The van der Waals surface area contributed by atoms with Crippen LogP contribution in [0.25, 0.3) is 0 Å². The van der Waals surface area contributed by atoms with Crippen LogP contribution in [0.3, 0.4) is 0 Å². The maximum absolute atomic E-state index is 12.0. The minimum atomic E-state index is -0.409. The summed E-state index contributed by atoms with van der Waals surface area (Å²) in [6, 6.07) is 14.3. The van der Waals surface area contributed by atoms with Gasteiger partial charge in [0.2, 0.25) is 0 Å². The summed E-state index contributed by atoms with van der Waals surface area (Å²) in [5.74, 6) is -0.409. The molecule has 0 saturated heterocycles. The fourth-order valence-electron chi connectivity index (χ4n) is 2.29. The predicted octanol–water partition coefficient (Wildman–Crippen LogP) is 2.86. The van der Waals surface area contributed by atoms with Crippen molar-refractivity contribution in [1.82, 2.24) is 10.2 Å². The molecule has 0 aromatic heterocycles. The average Bonchev–Trinajstić information content (AvgIpc) is 2.60. The number of esters is 1. The molecule has 25 heavy (non-hydrogen) atoms. The van der Waals surface area contributed by atoms with E-state index >= 15 is 0 Å². The number of anilines is 1. The Labute approximate surface area is 147 Å². The molecule has 0 heterocycles. The van der Waals surface area contributed by atoms with Crippen LogP contribution in [0.15, 0.2) is 48.5 Å². The second-order valence-corrected chi connectivity index (χ2v) is 5.93. The Kier molecular flexibility index (Phi) is 6.54. The van der Waals surface area contributed by atoms with Gasteiger partial charge in [-0.3, -0.25) is 0 Å². The highest BCUT2D eigenvalue weighted by Gasteiger charge is 2.06. The lowest BCUT2D eigenvalue weighted by Crippen LogP contribution is -2.28. The number of hydrogen-bond donors (Lipinski definition) is 2. The quantitative estimate of drug-likeness (QED) is 0.793. The number of rotatable bonds is 6. The smallest absolute Gasteiger partial charge is 0.337 e. The summed E-state index contributed by atoms with van der Waals surface area (Å²) in [6.45, 7) is 1.32. The van der Waals surface area contributed by atoms with Crippen LogP contribution in [-0.2, 0) is 17.8 Å². The van der Waals surface area contributed by atoms with Crippen molar-refractivity contribution in [3.8, 4) is 0 Å². The minimum Gasteiger partial charge on any atom is -0.465 e. The van der Waals surface area contributed by atoms with Crippen LogP contribution in [0.5, 0.6) is 0 Å². The number of ether oxygens (including phenoxy) is 1. The summed E-state index contributed by atoms with van der Waals surface area (Å²) >= 11 is 0. The molecule has 0 fully saturated rings. The van der Waals surface area contributed by atoms with Gasteiger partial charge in [-0.1, -0.05) is 24.3 Å². The molecular weight excluding hydrogens is 318 g/mol. The highest BCUT2D eigenvalue weighted by molar-refractivity contribution is 5.92. The maximum atomic E-state index is 12.0. The average molecular weight is 341 g/mol. The van der Waals surface area contributed by atoms with Crippen molar-refractivity contribution in [3.05, 3.63) is 65.2 Å². The summed E-state index contributed by atoms with van der Waals surface area (Å²) in [4.78, 5) is 25.4. The fraction of sp³-hybridized carbons (Fsp3) is 0.263. The molecule has 0 radical (unpaired) electrons. The zero-order valence-corrected chi connectivity index (χ0v) is 14.7. The molecule has 132 valence electrons. The third-order valence-corrected chi connectivity index (χ3v) is 3.54. The van der Waals surface area contributed by atoms with Crippen LogP contribution < -0.4 is 10.6 Å².